The minimum atomic E-state index is -3.34. The normalized spacial score (nSPS) is 22.6. The third kappa shape index (κ3) is 3.67. The van der Waals surface area contributed by atoms with Crippen molar-refractivity contribution in [1.82, 2.24) is 5.32 Å². The molecule has 2 fully saturated rings. The summed E-state index contributed by atoms with van der Waals surface area (Å²) in [5, 5.41) is 6.26. The number of benzene rings is 1. The average molecular weight is 337 g/mol. The molecule has 1 aromatic carbocycles. The van der Waals surface area contributed by atoms with Gasteiger partial charge in [0.2, 0.25) is 15.9 Å². The molecule has 1 saturated carbocycles. The van der Waals surface area contributed by atoms with Crippen molar-refractivity contribution in [1.29, 1.82) is 0 Å². The highest BCUT2D eigenvalue weighted by Gasteiger charge is 2.57. The van der Waals surface area contributed by atoms with Crippen molar-refractivity contribution in [2.45, 2.75) is 26.2 Å². The number of aryl methyl sites for hydroxylation is 1. The van der Waals surface area contributed by atoms with E-state index in [-0.39, 0.29) is 17.2 Å². The standard InChI is InChI=1S/C16H23N3O3S/c1-11-3-4-12(9-14(11)19-23(2,21)22)18-15(20)13-10-16(13)5-7-17-8-6-16/h3-4,9,13,17,19H,5-8,10H2,1-2H3,(H,18,20). The van der Waals surface area contributed by atoms with Gasteiger partial charge in [-0.15, -0.1) is 0 Å². The first-order chi connectivity index (χ1) is 10.8. The summed E-state index contributed by atoms with van der Waals surface area (Å²) in [7, 11) is -3.34. The number of rotatable bonds is 4. The number of carbonyl (C=O) groups excluding carboxylic acids is 1. The highest BCUT2D eigenvalue weighted by molar-refractivity contribution is 7.92. The molecule has 1 amide bonds. The SMILES string of the molecule is Cc1ccc(NC(=O)C2CC23CCNCC3)cc1NS(C)(=O)=O. The maximum Gasteiger partial charge on any atom is 0.229 e. The Bertz CT molecular complexity index is 724. The molecule has 0 radical (unpaired) electrons. The molecule has 23 heavy (non-hydrogen) atoms. The molecule has 1 aliphatic heterocycles. The Labute approximate surface area is 137 Å². The zero-order valence-electron chi connectivity index (χ0n) is 13.5. The van der Waals surface area contributed by atoms with Crippen LogP contribution in [-0.4, -0.2) is 33.7 Å². The Hall–Kier alpha value is -1.60. The Morgan fingerprint density at radius 3 is 2.65 bits per heavy atom. The van der Waals surface area contributed by atoms with Gasteiger partial charge in [-0.3, -0.25) is 9.52 Å². The van der Waals surface area contributed by atoms with Gasteiger partial charge in [-0.05, 0) is 62.4 Å². The van der Waals surface area contributed by atoms with Gasteiger partial charge in [-0.2, -0.15) is 0 Å². The highest BCUT2D eigenvalue weighted by Crippen LogP contribution is 2.58. The molecule has 3 N–H and O–H groups in total. The van der Waals surface area contributed by atoms with E-state index >= 15 is 0 Å². The molecular formula is C16H23N3O3S. The molecule has 1 aliphatic carbocycles. The third-order valence-electron chi connectivity index (χ3n) is 4.91. The van der Waals surface area contributed by atoms with Crippen molar-refractivity contribution >= 4 is 27.3 Å². The third-order valence-corrected chi connectivity index (χ3v) is 5.50. The highest BCUT2D eigenvalue weighted by atomic mass is 32.2. The second-order valence-electron chi connectivity index (χ2n) is 6.76. The summed E-state index contributed by atoms with van der Waals surface area (Å²) in [5.41, 5.74) is 2.13. The van der Waals surface area contributed by atoms with E-state index in [1.54, 1.807) is 18.2 Å². The summed E-state index contributed by atoms with van der Waals surface area (Å²) in [4.78, 5) is 12.5. The largest absolute Gasteiger partial charge is 0.326 e. The average Bonchev–Trinajstić information content (AvgIpc) is 3.15. The van der Waals surface area contributed by atoms with Crippen molar-refractivity contribution < 1.29 is 13.2 Å². The number of piperidine rings is 1. The van der Waals surface area contributed by atoms with Gasteiger partial charge in [-0.25, -0.2) is 8.42 Å². The lowest BCUT2D eigenvalue weighted by atomic mass is 9.92. The quantitative estimate of drug-likeness (QED) is 0.780. The van der Waals surface area contributed by atoms with Crippen molar-refractivity contribution in [3.63, 3.8) is 0 Å². The number of amides is 1. The van der Waals surface area contributed by atoms with Gasteiger partial charge in [0.1, 0.15) is 0 Å². The Morgan fingerprint density at radius 1 is 1.30 bits per heavy atom. The second-order valence-corrected chi connectivity index (χ2v) is 8.51. The van der Waals surface area contributed by atoms with E-state index in [1.807, 2.05) is 6.92 Å². The van der Waals surface area contributed by atoms with E-state index in [0.29, 0.717) is 11.4 Å². The zero-order chi connectivity index (χ0) is 16.7. The molecule has 3 rings (SSSR count). The lowest BCUT2D eigenvalue weighted by molar-refractivity contribution is -0.118. The molecule has 126 valence electrons. The summed E-state index contributed by atoms with van der Waals surface area (Å²) in [6.07, 6.45) is 4.18. The van der Waals surface area contributed by atoms with Gasteiger partial charge in [0.25, 0.3) is 0 Å². The van der Waals surface area contributed by atoms with Crippen LogP contribution in [0.3, 0.4) is 0 Å². The van der Waals surface area contributed by atoms with Crippen molar-refractivity contribution in [3.05, 3.63) is 23.8 Å². The Balaban J connectivity index is 1.68. The molecule has 6 nitrogen and oxygen atoms in total. The Morgan fingerprint density at radius 2 is 2.00 bits per heavy atom. The number of hydrogen-bond acceptors (Lipinski definition) is 4. The van der Waals surface area contributed by atoms with Crippen molar-refractivity contribution in [2.75, 3.05) is 29.4 Å². The summed E-state index contributed by atoms with van der Waals surface area (Å²) in [6.45, 7) is 3.79. The zero-order valence-corrected chi connectivity index (χ0v) is 14.3. The molecule has 1 atom stereocenters. The van der Waals surface area contributed by atoms with Crippen LogP contribution in [0.4, 0.5) is 11.4 Å². The van der Waals surface area contributed by atoms with Gasteiger partial charge < -0.3 is 10.6 Å². The van der Waals surface area contributed by atoms with E-state index in [2.05, 4.69) is 15.4 Å². The smallest absolute Gasteiger partial charge is 0.229 e. The van der Waals surface area contributed by atoms with Crippen LogP contribution in [0.25, 0.3) is 0 Å². The van der Waals surface area contributed by atoms with Crippen LogP contribution in [0.2, 0.25) is 0 Å². The van der Waals surface area contributed by atoms with Gasteiger partial charge >= 0.3 is 0 Å². The van der Waals surface area contributed by atoms with E-state index in [9.17, 15) is 13.2 Å². The number of sulfonamides is 1. The predicted molar refractivity (Wildman–Crippen MR) is 90.9 cm³/mol. The summed E-state index contributed by atoms with van der Waals surface area (Å²) >= 11 is 0. The van der Waals surface area contributed by atoms with Crippen LogP contribution in [0.15, 0.2) is 18.2 Å². The summed E-state index contributed by atoms with van der Waals surface area (Å²) < 4.78 is 25.3. The molecule has 1 unspecified atom stereocenters. The lowest BCUT2D eigenvalue weighted by Crippen LogP contribution is -2.31. The molecule has 1 aromatic rings. The lowest BCUT2D eigenvalue weighted by Gasteiger charge is -2.23. The molecule has 1 saturated heterocycles. The molecular weight excluding hydrogens is 314 g/mol. The molecule has 1 heterocycles. The summed E-state index contributed by atoms with van der Waals surface area (Å²) in [6, 6.07) is 5.28. The van der Waals surface area contributed by atoms with Crippen LogP contribution < -0.4 is 15.4 Å². The van der Waals surface area contributed by atoms with Crippen LogP contribution in [0, 0.1) is 18.3 Å². The number of hydrogen-bond donors (Lipinski definition) is 3. The second kappa shape index (κ2) is 5.79. The van der Waals surface area contributed by atoms with Gasteiger partial charge in [0.05, 0.1) is 11.9 Å². The van der Waals surface area contributed by atoms with Crippen LogP contribution >= 0.6 is 0 Å². The topological polar surface area (TPSA) is 87.3 Å². The monoisotopic (exact) mass is 337 g/mol. The first-order valence-electron chi connectivity index (χ1n) is 7.89. The molecule has 7 heteroatoms. The van der Waals surface area contributed by atoms with E-state index < -0.39 is 10.0 Å². The van der Waals surface area contributed by atoms with E-state index in [4.69, 9.17) is 0 Å². The van der Waals surface area contributed by atoms with Gasteiger partial charge in [0, 0.05) is 11.6 Å². The molecule has 1 spiro atoms. The first kappa shape index (κ1) is 16.3. The van der Waals surface area contributed by atoms with Crippen molar-refractivity contribution in [3.8, 4) is 0 Å². The fourth-order valence-electron chi connectivity index (χ4n) is 3.43. The minimum absolute atomic E-state index is 0.0426. The molecule has 0 aromatic heterocycles. The van der Waals surface area contributed by atoms with Crippen molar-refractivity contribution in [2.24, 2.45) is 11.3 Å². The van der Waals surface area contributed by atoms with Gasteiger partial charge in [-0.1, -0.05) is 6.07 Å². The number of nitrogens with one attached hydrogen (secondary N) is 3. The minimum Gasteiger partial charge on any atom is -0.326 e. The number of anilines is 2. The fourth-order valence-corrected chi connectivity index (χ4v) is 4.05. The molecule has 2 aliphatic rings. The van der Waals surface area contributed by atoms with Crippen LogP contribution in [0.5, 0.6) is 0 Å². The first-order valence-corrected chi connectivity index (χ1v) is 9.78. The predicted octanol–water partition coefficient (Wildman–Crippen LogP) is 1.69. The maximum atomic E-state index is 12.5. The van der Waals surface area contributed by atoms with Crippen LogP contribution in [0.1, 0.15) is 24.8 Å². The summed E-state index contributed by atoms with van der Waals surface area (Å²) in [5.74, 6) is 0.123. The van der Waals surface area contributed by atoms with E-state index in [1.165, 1.54) is 0 Å². The van der Waals surface area contributed by atoms with Gasteiger partial charge in [0.15, 0.2) is 0 Å². The van der Waals surface area contributed by atoms with E-state index in [0.717, 1.165) is 44.2 Å². The number of carbonyl (C=O) groups is 1. The Kier molecular flexibility index (Phi) is 4.10. The maximum absolute atomic E-state index is 12.5. The molecule has 0 bridgehead atoms. The van der Waals surface area contributed by atoms with Crippen LogP contribution in [-0.2, 0) is 14.8 Å². The fraction of sp³-hybridized carbons (Fsp3) is 0.562.